The second-order valence-corrected chi connectivity index (χ2v) is 7.49. The van der Waals surface area contributed by atoms with Crippen LogP contribution in [-0.2, 0) is 4.74 Å². The maximum Gasteiger partial charge on any atom is 0.191 e. The predicted molar refractivity (Wildman–Crippen MR) is 102 cm³/mol. The third-order valence-electron chi connectivity index (χ3n) is 5.80. The quantitative estimate of drug-likeness (QED) is 0.310. The van der Waals surface area contributed by atoms with Crippen molar-refractivity contribution >= 4 is 29.9 Å². The summed E-state index contributed by atoms with van der Waals surface area (Å²) in [5, 5.41) is 7.20. The molecule has 1 saturated heterocycles. The molecule has 1 aliphatic heterocycles. The molecule has 0 aromatic heterocycles. The zero-order valence-corrected chi connectivity index (χ0v) is 16.6. The highest BCUT2D eigenvalue weighted by atomic mass is 127. The van der Waals surface area contributed by atoms with E-state index in [1.165, 1.54) is 38.5 Å². The van der Waals surface area contributed by atoms with Crippen molar-refractivity contribution in [2.24, 2.45) is 22.2 Å². The van der Waals surface area contributed by atoms with Crippen molar-refractivity contribution < 1.29 is 4.74 Å². The first-order valence-corrected chi connectivity index (χ1v) is 8.76. The Labute approximate surface area is 152 Å². The summed E-state index contributed by atoms with van der Waals surface area (Å²) in [6, 6.07) is 0.579. The van der Waals surface area contributed by atoms with Crippen LogP contribution >= 0.6 is 24.0 Å². The molecule has 3 atom stereocenters. The van der Waals surface area contributed by atoms with E-state index < -0.39 is 0 Å². The van der Waals surface area contributed by atoms with Crippen LogP contribution in [0.1, 0.15) is 52.4 Å². The van der Waals surface area contributed by atoms with Crippen LogP contribution in [0, 0.1) is 17.3 Å². The zero-order chi connectivity index (χ0) is 14.9. The van der Waals surface area contributed by atoms with Gasteiger partial charge in [0.1, 0.15) is 0 Å². The first-order valence-electron chi connectivity index (χ1n) is 8.76. The molecule has 4 nitrogen and oxygen atoms in total. The highest BCUT2D eigenvalue weighted by Crippen LogP contribution is 2.62. The molecule has 2 saturated carbocycles. The third kappa shape index (κ3) is 3.25. The van der Waals surface area contributed by atoms with Gasteiger partial charge in [0.15, 0.2) is 5.96 Å². The van der Waals surface area contributed by atoms with Crippen LogP contribution in [0.2, 0.25) is 0 Å². The fraction of sp³-hybridized carbons (Fsp3) is 0.941. The third-order valence-corrected chi connectivity index (χ3v) is 5.80. The molecule has 0 bridgehead atoms. The maximum atomic E-state index is 5.98. The van der Waals surface area contributed by atoms with E-state index in [9.17, 15) is 0 Å². The summed E-state index contributed by atoms with van der Waals surface area (Å²) >= 11 is 0. The van der Waals surface area contributed by atoms with Gasteiger partial charge in [-0.1, -0.05) is 20.3 Å². The second kappa shape index (κ2) is 7.69. The van der Waals surface area contributed by atoms with Crippen molar-refractivity contribution in [1.29, 1.82) is 0 Å². The van der Waals surface area contributed by atoms with Gasteiger partial charge in [0.05, 0.1) is 6.10 Å². The van der Waals surface area contributed by atoms with Crippen molar-refractivity contribution in [1.82, 2.24) is 10.6 Å². The number of hydrogen-bond acceptors (Lipinski definition) is 2. The van der Waals surface area contributed by atoms with Gasteiger partial charge in [-0.2, -0.15) is 0 Å². The lowest BCUT2D eigenvalue weighted by Gasteiger charge is -2.63. The Bertz CT molecular complexity index is 395. The van der Waals surface area contributed by atoms with Crippen LogP contribution < -0.4 is 10.6 Å². The average Bonchev–Trinajstić information content (AvgIpc) is 2.81. The van der Waals surface area contributed by atoms with Gasteiger partial charge in [-0.05, 0) is 38.0 Å². The molecule has 0 aromatic carbocycles. The molecule has 2 N–H and O–H groups in total. The fourth-order valence-electron chi connectivity index (χ4n) is 4.51. The van der Waals surface area contributed by atoms with Crippen LogP contribution in [0.4, 0.5) is 0 Å². The number of guanidine groups is 1. The lowest BCUT2D eigenvalue weighted by molar-refractivity contribution is -0.171. The topological polar surface area (TPSA) is 45.7 Å². The SMILES string of the molecule is CN=C(NCCCC(C)C)NC1C2CCOC2C12CCC2.I. The largest absolute Gasteiger partial charge is 0.377 e. The van der Waals surface area contributed by atoms with Gasteiger partial charge in [-0.25, -0.2) is 0 Å². The Hall–Kier alpha value is -0.0400. The first kappa shape index (κ1) is 18.3. The van der Waals surface area contributed by atoms with Crippen LogP contribution in [0.15, 0.2) is 4.99 Å². The molecule has 3 fully saturated rings. The van der Waals surface area contributed by atoms with E-state index in [2.05, 4.69) is 29.5 Å². The standard InChI is InChI=1S/C17H31N3O.HI/c1-12(2)6-4-10-19-16(18-3)20-14-13-7-11-21-15(13)17(14)8-5-9-17;/h12-15H,4-11H2,1-3H3,(H2,18,19,20);1H. The molecule has 1 spiro atoms. The van der Waals surface area contributed by atoms with E-state index >= 15 is 0 Å². The summed E-state index contributed by atoms with van der Waals surface area (Å²) in [5.41, 5.74) is 0.427. The minimum atomic E-state index is 0. The molecule has 3 rings (SSSR count). The Kier molecular flexibility index (Phi) is 6.39. The number of hydrogen-bond donors (Lipinski definition) is 2. The molecule has 0 amide bonds. The molecular weight excluding hydrogens is 389 g/mol. The summed E-state index contributed by atoms with van der Waals surface area (Å²) in [6.45, 7) is 6.53. The normalized spacial score (nSPS) is 32.0. The number of nitrogens with one attached hydrogen (secondary N) is 2. The summed E-state index contributed by atoms with van der Waals surface area (Å²) in [4.78, 5) is 4.42. The van der Waals surface area contributed by atoms with Gasteiger partial charge >= 0.3 is 0 Å². The Morgan fingerprint density at radius 3 is 2.73 bits per heavy atom. The molecule has 22 heavy (non-hydrogen) atoms. The molecule has 2 aliphatic carbocycles. The molecule has 5 heteroatoms. The maximum absolute atomic E-state index is 5.98. The number of fused-ring (bicyclic) bond motifs is 2. The number of halogens is 1. The van der Waals surface area contributed by atoms with Crippen LogP contribution in [-0.4, -0.2) is 38.3 Å². The first-order chi connectivity index (χ1) is 10.2. The number of aliphatic imine (C=N–C) groups is 1. The Morgan fingerprint density at radius 1 is 1.36 bits per heavy atom. The van der Waals surface area contributed by atoms with Gasteiger partial charge in [0, 0.05) is 37.6 Å². The van der Waals surface area contributed by atoms with Crippen LogP contribution in [0.3, 0.4) is 0 Å². The van der Waals surface area contributed by atoms with Gasteiger partial charge in [0.25, 0.3) is 0 Å². The molecular formula is C17H32IN3O. The van der Waals surface area contributed by atoms with Crippen LogP contribution in [0.5, 0.6) is 0 Å². The second-order valence-electron chi connectivity index (χ2n) is 7.49. The monoisotopic (exact) mass is 421 g/mol. The Balaban J connectivity index is 0.00000176. The van der Waals surface area contributed by atoms with Gasteiger partial charge in [-0.3, -0.25) is 4.99 Å². The van der Waals surface area contributed by atoms with Crippen molar-refractivity contribution in [3.8, 4) is 0 Å². The zero-order valence-electron chi connectivity index (χ0n) is 14.2. The molecule has 128 valence electrons. The van der Waals surface area contributed by atoms with Crippen molar-refractivity contribution in [2.45, 2.75) is 64.5 Å². The highest BCUT2D eigenvalue weighted by molar-refractivity contribution is 14.0. The predicted octanol–water partition coefficient (Wildman–Crippen LogP) is 3.16. The number of nitrogens with zero attached hydrogens (tertiary/aromatic N) is 1. The molecule has 1 heterocycles. The van der Waals surface area contributed by atoms with Gasteiger partial charge in [-0.15, -0.1) is 24.0 Å². The van der Waals surface area contributed by atoms with Crippen molar-refractivity contribution in [2.75, 3.05) is 20.2 Å². The van der Waals surface area contributed by atoms with E-state index in [1.54, 1.807) is 0 Å². The smallest absolute Gasteiger partial charge is 0.191 e. The lowest BCUT2D eigenvalue weighted by atomic mass is 9.46. The van der Waals surface area contributed by atoms with E-state index in [1.807, 2.05) is 7.05 Å². The van der Waals surface area contributed by atoms with Crippen molar-refractivity contribution in [3.63, 3.8) is 0 Å². The van der Waals surface area contributed by atoms with Crippen LogP contribution in [0.25, 0.3) is 0 Å². The highest BCUT2D eigenvalue weighted by Gasteiger charge is 2.66. The average molecular weight is 421 g/mol. The molecule has 3 aliphatic rings. The van der Waals surface area contributed by atoms with E-state index in [0.717, 1.165) is 25.0 Å². The number of rotatable bonds is 5. The van der Waals surface area contributed by atoms with E-state index in [4.69, 9.17) is 4.74 Å². The Morgan fingerprint density at radius 2 is 2.14 bits per heavy atom. The minimum absolute atomic E-state index is 0. The molecule has 0 aromatic rings. The van der Waals surface area contributed by atoms with Gasteiger partial charge < -0.3 is 15.4 Å². The minimum Gasteiger partial charge on any atom is -0.377 e. The summed E-state index contributed by atoms with van der Waals surface area (Å²) < 4.78 is 5.98. The van der Waals surface area contributed by atoms with Crippen molar-refractivity contribution in [3.05, 3.63) is 0 Å². The summed E-state index contributed by atoms with van der Waals surface area (Å²) in [6.07, 6.45) is 8.26. The molecule has 3 unspecified atom stereocenters. The number of ether oxygens (including phenoxy) is 1. The van der Waals surface area contributed by atoms with E-state index in [0.29, 0.717) is 23.5 Å². The summed E-state index contributed by atoms with van der Waals surface area (Å²) in [7, 11) is 1.88. The van der Waals surface area contributed by atoms with E-state index in [-0.39, 0.29) is 24.0 Å². The summed E-state index contributed by atoms with van der Waals surface area (Å²) in [5.74, 6) is 2.47. The lowest BCUT2D eigenvalue weighted by Crippen LogP contribution is -2.72. The fourth-order valence-corrected chi connectivity index (χ4v) is 4.51. The molecule has 0 radical (unpaired) electrons. The van der Waals surface area contributed by atoms with Gasteiger partial charge in [0.2, 0.25) is 0 Å².